The molecule has 12 heteroatoms. The van der Waals surface area contributed by atoms with Gasteiger partial charge in [-0.1, -0.05) is 34.1 Å². The number of rotatable bonds is 15. The third-order valence-electron chi connectivity index (χ3n) is 5.17. The second-order valence-electron chi connectivity index (χ2n) is 8.69. The summed E-state index contributed by atoms with van der Waals surface area (Å²) in [6.45, 7) is 9.10. The minimum absolute atomic E-state index is 0.0423. The van der Waals surface area contributed by atoms with Gasteiger partial charge in [-0.05, 0) is 38.0 Å². The maximum Gasteiger partial charge on any atom is 0.325 e. The average Bonchev–Trinajstić information content (AvgIpc) is 2.72. The van der Waals surface area contributed by atoms with E-state index in [9.17, 15) is 19.2 Å². The zero-order valence-electron chi connectivity index (χ0n) is 20.3. The van der Waals surface area contributed by atoms with Crippen LogP contribution in [0.5, 0.6) is 0 Å². The maximum atomic E-state index is 13.0. The van der Waals surface area contributed by atoms with Crippen molar-refractivity contribution in [3.05, 3.63) is 0 Å². The smallest absolute Gasteiger partial charge is 0.325 e. The van der Waals surface area contributed by atoms with E-state index in [1.54, 1.807) is 6.92 Å². The van der Waals surface area contributed by atoms with Crippen LogP contribution in [-0.2, 0) is 19.2 Å². The molecule has 3 amide bonds. The molecule has 0 heterocycles. The summed E-state index contributed by atoms with van der Waals surface area (Å²) in [6.07, 6.45) is 1.71. The van der Waals surface area contributed by atoms with E-state index >= 15 is 0 Å². The van der Waals surface area contributed by atoms with Gasteiger partial charge in [0.05, 0.1) is 6.04 Å². The van der Waals surface area contributed by atoms with E-state index in [0.717, 1.165) is 0 Å². The molecule has 0 rings (SSSR count). The van der Waals surface area contributed by atoms with Gasteiger partial charge in [0.15, 0.2) is 5.96 Å². The summed E-state index contributed by atoms with van der Waals surface area (Å²) in [5.74, 6) is -3.04. The first-order chi connectivity index (χ1) is 15.3. The highest BCUT2D eigenvalue weighted by molar-refractivity contribution is 5.94. The van der Waals surface area contributed by atoms with Gasteiger partial charge in [-0.3, -0.25) is 24.2 Å². The predicted octanol–water partition coefficient (Wildman–Crippen LogP) is -0.982. The molecule has 0 aromatic heterocycles. The number of nitrogens with zero attached hydrogens (tertiary/aromatic N) is 1. The Kier molecular flexibility index (Phi) is 13.7. The standard InChI is InChI=1S/C21H41N7O5/c1-6-12(4)16(28-17(29)14(22)8-7-9-25-21(23)24)19(31)27-15(10-11(2)3)18(30)26-13(5)20(32)33/h11-16H,6-10,22H2,1-5H3,(H,26,30)(H,27,31)(H,28,29)(H,32,33)(H4,23,24,25). The highest BCUT2D eigenvalue weighted by atomic mass is 16.4. The van der Waals surface area contributed by atoms with Crippen LogP contribution in [0.4, 0.5) is 0 Å². The number of carboxylic acid groups (broad SMARTS) is 1. The highest BCUT2D eigenvalue weighted by Gasteiger charge is 2.32. The van der Waals surface area contributed by atoms with Crippen LogP contribution in [-0.4, -0.2) is 65.5 Å². The van der Waals surface area contributed by atoms with Crippen molar-refractivity contribution in [1.29, 1.82) is 0 Å². The number of hydrogen-bond acceptors (Lipinski definition) is 6. The Hall–Kier alpha value is -2.89. The molecular weight excluding hydrogens is 430 g/mol. The number of carbonyl (C=O) groups is 4. The molecule has 5 atom stereocenters. The Labute approximate surface area is 195 Å². The molecule has 190 valence electrons. The number of guanidine groups is 1. The van der Waals surface area contributed by atoms with Crippen LogP contribution in [0.15, 0.2) is 4.99 Å². The van der Waals surface area contributed by atoms with Crippen molar-refractivity contribution in [2.75, 3.05) is 6.54 Å². The molecule has 0 fully saturated rings. The van der Waals surface area contributed by atoms with Gasteiger partial charge in [-0.25, -0.2) is 0 Å². The number of hydrogen-bond donors (Lipinski definition) is 7. The van der Waals surface area contributed by atoms with Gasteiger partial charge in [0.1, 0.15) is 18.1 Å². The summed E-state index contributed by atoms with van der Waals surface area (Å²) in [7, 11) is 0. The van der Waals surface area contributed by atoms with Gasteiger partial charge < -0.3 is 38.3 Å². The zero-order valence-corrected chi connectivity index (χ0v) is 20.3. The summed E-state index contributed by atoms with van der Waals surface area (Å²) >= 11 is 0. The second kappa shape index (κ2) is 15.0. The van der Waals surface area contributed by atoms with Crippen molar-refractivity contribution >= 4 is 29.7 Å². The number of carbonyl (C=O) groups excluding carboxylic acids is 3. The largest absolute Gasteiger partial charge is 0.480 e. The molecule has 10 N–H and O–H groups in total. The van der Waals surface area contributed by atoms with Gasteiger partial charge in [0.25, 0.3) is 0 Å². The molecule has 0 aliphatic rings. The fourth-order valence-electron chi connectivity index (χ4n) is 2.95. The van der Waals surface area contributed by atoms with Gasteiger partial charge in [0, 0.05) is 6.54 Å². The first kappa shape index (κ1) is 30.1. The quantitative estimate of drug-likeness (QED) is 0.0892. The van der Waals surface area contributed by atoms with E-state index in [1.807, 2.05) is 20.8 Å². The van der Waals surface area contributed by atoms with E-state index < -0.39 is 47.9 Å². The van der Waals surface area contributed by atoms with Gasteiger partial charge in [-0.2, -0.15) is 0 Å². The van der Waals surface area contributed by atoms with Gasteiger partial charge >= 0.3 is 5.97 Å². The SMILES string of the molecule is CCC(C)C(NC(=O)C(N)CCCN=C(N)N)C(=O)NC(CC(C)C)C(=O)NC(C)C(=O)O. The average molecular weight is 472 g/mol. The lowest BCUT2D eigenvalue weighted by atomic mass is 9.96. The molecule has 12 nitrogen and oxygen atoms in total. The van der Waals surface area contributed by atoms with E-state index in [1.165, 1.54) is 6.92 Å². The Morgan fingerprint density at radius 2 is 1.55 bits per heavy atom. The molecule has 0 saturated heterocycles. The Morgan fingerprint density at radius 1 is 0.939 bits per heavy atom. The normalized spacial score (nSPS) is 15.5. The second-order valence-corrected chi connectivity index (χ2v) is 8.69. The van der Waals surface area contributed by atoms with Crippen LogP contribution in [0.25, 0.3) is 0 Å². The van der Waals surface area contributed by atoms with Crippen LogP contribution in [0.1, 0.15) is 60.3 Å². The van der Waals surface area contributed by atoms with E-state index in [0.29, 0.717) is 32.2 Å². The third-order valence-corrected chi connectivity index (χ3v) is 5.17. The van der Waals surface area contributed by atoms with E-state index in [-0.39, 0.29) is 17.8 Å². The van der Waals surface area contributed by atoms with Crippen molar-refractivity contribution in [3.8, 4) is 0 Å². The third kappa shape index (κ3) is 12.1. The van der Waals surface area contributed by atoms with Crippen LogP contribution in [0.2, 0.25) is 0 Å². The monoisotopic (exact) mass is 471 g/mol. The molecule has 0 bridgehead atoms. The number of nitrogens with one attached hydrogen (secondary N) is 3. The van der Waals surface area contributed by atoms with Crippen molar-refractivity contribution in [2.45, 2.75) is 84.5 Å². The molecule has 5 unspecified atom stereocenters. The molecule has 0 aromatic carbocycles. The summed E-state index contributed by atoms with van der Waals surface area (Å²) < 4.78 is 0. The van der Waals surface area contributed by atoms with Crippen LogP contribution >= 0.6 is 0 Å². The minimum Gasteiger partial charge on any atom is -0.480 e. The first-order valence-corrected chi connectivity index (χ1v) is 11.2. The van der Waals surface area contributed by atoms with Crippen molar-refractivity contribution in [3.63, 3.8) is 0 Å². The lowest BCUT2D eigenvalue weighted by Crippen LogP contribution is -2.58. The van der Waals surface area contributed by atoms with E-state index in [2.05, 4.69) is 20.9 Å². The molecule has 0 spiro atoms. The minimum atomic E-state index is -1.18. The van der Waals surface area contributed by atoms with Gasteiger partial charge in [0.2, 0.25) is 17.7 Å². The Balaban J connectivity index is 5.29. The number of nitrogens with two attached hydrogens (primary N) is 3. The van der Waals surface area contributed by atoms with Crippen LogP contribution in [0, 0.1) is 11.8 Å². The number of aliphatic imine (C=N–C) groups is 1. The molecule has 0 saturated carbocycles. The summed E-state index contributed by atoms with van der Waals surface area (Å²) in [5.41, 5.74) is 16.5. The van der Waals surface area contributed by atoms with Crippen LogP contribution < -0.4 is 33.2 Å². The number of carboxylic acids is 1. The molecule has 33 heavy (non-hydrogen) atoms. The van der Waals surface area contributed by atoms with Crippen molar-refractivity contribution in [1.82, 2.24) is 16.0 Å². The lowest BCUT2D eigenvalue weighted by Gasteiger charge is -2.28. The predicted molar refractivity (Wildman–Crippen MR) is 126 cm³/mol. The molecular formula is C21H41N7O5. The summed E-state index contributed by atoms with van der Waals surface area (Å²) in [6, 6.07) is -3.82. The number of amides is 3. The summed E-state index contributed by atoms with van der Waals surface area (Å²) in [4.78, 5) is 53.1. The fraction of sp³-hybridized carbons (Fsp3) is 0.762. The summed E-state index contributed by atoms with van der Waals surface area (Å²) in [5, 5.41) is 16.8. The van der Waals surface area contributed by atoms with E-state index in [4.69, 9.17) is 22.3 Å². The zero-order chi connectivity index (χ0) is 25.7. The topological polar surface area (TPSA) is 215 Å². The molecule has 0 aliphatic heterocycles. The highest BCUT2D eigenvalue weighted by Crippen LogP contribution is 2.11. The fourth-order valence-corrected chi connectivity index (χ4v) is 2.95. The molecule has 0 aliphatic carbocycles. The maximum absolute atomic E-state index is 13.0. The van der Waals surface area contributed by atoms with Gasteiger partial charge in [-0.15, -0.1) is 0 Å². The molecule has 0 radical (unpaired) electrons. The number of aliphatic carboxylic acids is 1. The molecule has 0 aromatic rings. The Morgan fingerprint density at radius 3 is 2.03 bits per heavy atom. The van der Waals surface area contributed by atoms with Crippen molar-refractivity contribution < 1.29 is 24.3 Å². The lowest BCUT2D eigenvalue weighted by molar-refractivity contribution is -0.142. The van der Waals surface area contributed by atoms with Crippen LogP contribution in [0.3, 0.4) is 0 Å². The first-order valence-electron chi connectivity index (χ1n) is 11.2. The van der Waals surface area contributed by atoms with Crippen molar-refractivity contribution in [2.24, 2.45) is 34.0 Å². The Bertz CT molecular complexity index is 694.